The molecule has 66 valence electrons. The van der Waals surface area contributed by atoms with Gasteiger partial charge in [0.05, 0.1) is 11.8 Å². The van der Waals surface area contributed by atoms with Crippen LogP contribution in [0, 0.1) is 6.92 Å². The van der Waals surface area contributed by atoms with Crippen molar-refractivity contribution in [2.24, 2.45) is 0 Å². The van der Waals surface area contributed by atoms with E-state index in [-0.39, 0.29) is 5.91 Å². The summed E-state index contributed by atoms with van der Waals surface area (Å²) < 4.78 is 0. The number of H-pyrrole nitrogens is 1. The highest BCUT2D eigenvalue weighted by Gasteiger charge is 2.08. The number of rotatable bonds is 3. The largest absolute Gasteiger partial charge is 0.352 e. The van der Waals surface area contributed by atoms with Gasteiger partial charge in [-0.05, 0) is 13.3 Å². The Labute approximate surface area is 71.4 Å². The fourth-order valence-electron chi connectivity index (χ4n) is 0.913. The zero-order valence-electron chi connectivity index (χ0n) is 7.35. The van der Waals surface area contributed by atoms with Crippen LogP contribution < -0.4 is 5.32 Å². The van der Waals surface area contributed by atoms with Crippen LogP contribution in [-0.2, 0) is 0 Å². The van der Waals surface area contributed by atoms with Crippen LogP contribution in [0.15, 0.2) is 6.20 Å². The predicted molar refractivity (Wildman–Crippen MR) is 45.9 cm³/mol. The van der Waals surface area contributed by atoms with Crippen molar-refractivity contribution >= 4 is 5.91 Å². The summed E-state index contributed by atoms with van der Waals surface area (Å²) in [5, 5.41) is 9.26. The second-order valence-corrected chi connectivity index (χ2v) is 2.66. The number of nitrogens with zero attached hydrogens (tertiary/aromatic N) is 1. The van der Waals surface area contributed by atoms with Gasteiger partial charge in [0.2, 0.25) is 0 Å². The molecule has 0 radical (unpaired) electrons. The summed E-state index contributed by atoms with van der Waals surface area (Å²) in [6, 6.07) is 0. The third-order valence-corrected chi connectivity index (χ3v) is 1.61. The topological polar surface area (TPSA) is 57.8 Å². The van der Waals surface area contributed by atoms with Gasteiger partial charge in [-0.3, -0.25) is 9.89 Å². The highest BCUT2D eigenvalue weighted by Crippen LogP contribution is 2.01. The lowest BCUT2D eigenvalue weighted by molar-refractivity contribution is 0.0953. The van der Waals surface area contributed by atoms with E-state index in [1.54, 1.807) is 6.20 Å². The monoisotopic (exact) mass is 167 g/mol. The van der Waals surface area contributed by atoms with Gasteiger partial charge in [0.25, 0.3) is 5.91 Å². The van der Waals surface area contributed by atoms with Gasteiger partial charge in [-0.2, -0.15) is 5.10 Å². The zero-order valence-corrected chi connectivity index (χ0v) is 7.35. The minimum Gasteiger partial charge on any atom is -0.352 e. The molecule has 12 heavy (non-hydrogen) atoms. The van der Waals surface area contributed by atoms with E-state index in [2.05, 4.69) is 15.5 Å². The number of aromatic nitrogens is 2. The quantitative estimate of drug-likeness (QED) is 0.701. The first-order valence-electron chi connectivity index (χ1n) is 4.04. The van der Waals surface area contributed by atoms with E-state index >= 15 is 0 Å². The van der Waals surface area contributed by atoms with Gasteiger partial charge in [0, 0.05) is 12.2 Å². The van der Waals surface area contributed by atoms with E-state index in [0.29, 0.717) is 12.1 Å². The predicted octanol–water partition coefficient (Wildman–Crippen LogP) is 0.858. The Morgan fingerprint density at radius 3 is 3.00 bits per heavy atom. The highest BCUT2D eigenvalue weighted by atomic mass is 16.1. The normalized spacial score (nSPS) is 9.83. The first-order chi connectivity index (χ1) is 5.75. The summed E-state index contributed by atoms with van der Waals surface area (Å²) in [7, 11) is 0. The van der Waals surface area contributed by atoms with Crippen LogP contribution >= 0.6 is 0 Å². The SMILES string of the molecule is CCCNC(=O)c1cn[nH]c1C. The summed E-state index contributed by atoms with van der Waals surface area (Å²) in [4.78, 5) is 11.3. The molecule has 0 fully saturated rings. The number of amides is 1. The van der Waals surface area contributed by atoms with E-state index in [0.717, 1.165) is 12.1 Å². The van der Waals surface area contributed by atoms with Crippen molar-refractivity contribution in [3.05, 3.63) is 17.5 Å². The number of carbonyl (C=O) groups excluding carboxylic acids is 1. The fraction of sp³-hybridized carbons (Fsp3) is 0.500. The lowest BCUT2D eigenvalue weighted by Gasteiger charge is -2.00. The van der Waals surface area contributed by atoms with E-state index in [4.69, 9.17) is 0 Å². The average Bonchev–Trinajstić information content (AvgIpc) is 2.47. The summed E-state index contributed by atoms with van der Waals surface area (Å²) in [6.45, 7) is 4.56. The van der Waals surface area contributed by atoms with Crippen LogP contribution in [0.3, 0.4) is 0 Å². The maximum absolute atomic E-state index is 11.3. The lowest BCUT2D eigenvalue weighted by Crippen LogP contribution is -2.24. The van der Waals surface area contributed by atoms with Crippen molar-refractivity contribution in [1.29, 1.82) is 0 Å². The molecule has 0 atom stereocenters. The molecule has 1 amide bonds. The minimum atomic E-state index is -0.0527. The molecule has 0 spiro atoms. The van der Waals surface area contributed by atoms with Crippen molar-refractivity contribution in [3.8, 4) is 0 Å². The average molecular weight is 167 g/mol. The molecule has 1 rings (SSSR count). The van der Waals surface area contributed by atoms with Gasteiger partial charge < -0.3 is 5.32 Å². The van der Waals surface area contributed by atoms with Crippen LogP contribution in [0.2, 0.25) is 0 Å². The molecular weight excluding hydrogens is 154 g/mol. The Balaban J connectivity index is 2.59. The number of hydrogen-bond acceptors (Lipinski definition) is 2. The molecule has 1 aromatic rings. The first-order valence-corrected chi connectivity index (χ1v) is 4.04. The molecule has 4 heteroatoms. The van der Waals surface area contributed by atoms with Crippen molar-refractivity contribution in [1.82, 2.24) is 15.5 Å². The molecule has 4 nitrogen and oxygen atoms in total. The molecule has 1 heterocycles. The second kappa shape index (κ2) is 3.90. The third-order valence-electron chi connectivity index (χ3n) is 1.61. The maximum Gasteiger partial charge on any atom is 0.254 e. The Hall–Kier alpha value is -1.32. The van der Waals surface area contributed by atoms with Gasteiger partial charge in [-0.25, -0.2) is 0 Å². The van der Waals surface area contributed by atoms with Gasteiger partial charge in [0.15, 0.2) is 0 Å². The molecule has 2 N–H and O–H groups in total. The summed E-state index contributed by atoms with van der Waals surface area (Å²) in [5.74, 6) is -0.0527. The number of nitrogens with one attached hydrogen (secondary N) is 2. The smallest absolute Gasteiger partial charge is 0.254 e. The maximum atomic E-state index is 11.3. The van der Waals surface area contributed by atoms with E-state index in [1.165, 1.54) is 0 Å². The van der Waals surface area contributed by atoms with Gasteiger partial charge in [0.1, 0.15) is 0 Å². The standard InChI is InChI=1S/C8H13N3O/c1-3-4-9-8(12)7-5-10-11-6(7)2/h5H,3-4H2,1-2H3,(H,9,12)(H,10,11). The molecule has 0 unspecified atom stereocenters. The molecule has 0 aliphatic heterocycles. The van der Waals surface area contributed by atoms with Crippen LogP contribution in [0.25, 0.3) is 0 Å². The van der Waals surface area contributed by atoms with Crippen molar-refractivity contribution in [2.75, 3.05) is 6.54 Å². The first kappa shape index (κ1) is 8.77. The molecule has 0 bridgehead atoms. The molecule has 0 saturated carbocycles. The molecule has 0 aliphatic rings. The Morgan fingerprint density at radius 2 is 2.50 bits per heavy atom. The molecule has 0 aliphatic carbocycles. The lowest BCUT2D eigenvalue weighted by atomic mass is 10.2. The molecular formula is C8H13N3O. The van der Waals surface area contributed by atoms with Crippen molar-refractivity contribution in [2.45, 2.75) is 20.3 Å². The second-order valence-electron chi connectivity index (χ2n) is 2.66. The van der Waals surface area contributed by atoms with Crippen LogP contribution in [0.1, 0.15) is 29.4 Å². The number of carbonyl (C=O) groups is 1. The highest BCUT2D eigenvalue weighted by molar-refractivity contribution is 5.94. The Bertz CT molecular complexity index is 267. The summed E-state index contributed by atoms with van der Waals surface area (Å²) >= 11 is 0. The van der Waals surface area contributed by atoms with E-state index in [9.17, 15) is 4.79 Å². The van der Waals surface area contributed by atoms with Crippen molar-refractivity contribution < 1.29 is 4.79 Å². The number of aryl methyl sites for hydroxylation is 1. The summed E-state index contributed by atoms with van der Waals surface area (Å²) in [6.07, 6.45) is 2.49. The fourth-order valence-corrected chi connectivity index (χ4v) is 0.913. The van der Waals surface area contributed by atoms with Crippen molar-refractivity contribution in [3.63, 3.8) is 0 Å². The third kappa shape index (κ3) is 1.84. The van der Waals surface area contributed by atoms with Gasteiger partial charge in [-0.15, -0.1) is 0 Å². The zero-order chi connectivity index (χ0) is 8.97. The molecule has 0 aromatic carbocycles. The van der Waals surface area contributed by atoms with Gasteiger partial charge >= 0.3 is 0 Å². The Kier molecular flexibility index (Phi) is 2.85. The number of hydrogen-bond donors (Lipinski definition) is 2. The van der Waals surface area contributed by atoms with Crippen LogP contribution in [-0.4, -0.2) is 22.6 Å². The molecule has 1 aromatic heterocycles. The summed E-state index contributed by atoms with van der Waals surface area (Å²) in [5.41, 5.74) is 1.44. The van der Waals surface area contributed by atoms with Crippen LogP contribution in [0.4, 0.5) is 0 Å². The number of aromatic amines is 1. The van der Waals surface area contributed by atoms with E-state index in [1.807, 2.05) is 13.8 Å². The van der Waals surface area contributed by atoms with E-state index < -0.39 is 0 Å². The van der Waals surface area contributed by atoms with Gasteiger partial charge in [-0.1, -0.05) is 6.92 Å². The Morgan fingerprint density at radius 1 is 1.75 bits per heavy atom. The van der Waals surface area contributed by atoms with Crippen LogP contribution in [0.5, 0.6) is 0 Å². The molecule has 0 saturated heterocycles. The minimum absolute atomic E-state index is 0.0527.